The molecule has 0 aliphatic heterocycles. The molecule has 0 bridgehead atoms. The third kappa shape index (κ3) is 6.61. The fraction of sp³-hybridized carbons (Fsp3) is 0.917. The lowest BCUT2D eigenvalue weighted by atomic mass is 9.91. The van der Waals surface area contributed by atoms with Gasteiger partial charge in [0.05, 0.1) is 19.5 Å². The zero-order chi connectivity index (χ0) is 13.7. The van der Waals surface area contributed by atoms with Gasteiger partial charge in [-0.05, 0) is 20.3 Å². The normalized spacial score (nSPS) is 12.9. The topological polar surface area (TPSA) is 66.8 Å². The maximum Gasteiger partial charge on any atom is 0.311 e. The van der Waals surface area contributed by atoms with Crippen molar-refractivity contribution in [1.82, 2.24) is 0 Å². The average Bonchev–Trinajstić information content (AvgIpc) is 2.15. The summed E-state index contributed by atoms with van der Waals surface area (Å²) in [5, 5.41) is 17.8. The first-order valence-electron chi connectivity index (χ1n) is 5.96. The Hall–Kier alpha value is -0.650. The minimum Gasteiger partial charge on any atom is -0.459 e. The first kappa shape index (κ1) is 16.4. The summed E-state index contributed by atoms with van der Waals surface area (Å²) in [5.41, 5.74) is -0.451. The number of hydrogen-bond donors (Lipinski definition) is 2. The zero-order valence-corrected chi connectivity index (χ0v) is 11.6. The van der Waals surface area contributed by atoms with E-state index in [4.69, 9.17) is 14.9 Å². The van der Waals surface area contributed by atoms with E-state index in [-0.39, 0.29) is 12.5 Å². The van der Waals surface area contributed by atoms with Crippen molar-refractivity contribution in [3.8, 4) is 0 Å². The van der Waals surface area contributed by atoms with Gasteiger partial charge in [-0.15, -0.1) is 0 Å². The van der Waals surface area contributed by atoms with E-state index in [1.807, 2.05) is 34.9 Å². The summed E-state index contributed by atoms with van der Waals surface area (Å²) in [6.07, 6.45) is -0.604. The molecule has 0 fully saturated rings. The van der Waals surface area contributed by atoms with E-state index < -0.39 is 11.7 Å². The van der Waals surface area contributed by atoms with Crippen molar-refractivity contribution in [3.63, 3.8) is 0 Å². The highest BCUT2D eigenvalue weighted by Crippen LogP contribution is 2.21. The van der Waals surface area contributed by atoms with Crippen molar-refractivity contribution in [1.29, 1.82) is 0 Å². The van der Waals surface area contributed by atoms with Crippen LogP contribution in [0.15, 0.2) is 0 Å². The summed E-state index contributed by atoms with van der Waals surface area (Å²) in [6.45, 7) is 6.73. The van der Waals surface area contributed by atoms with E-state index in [9.17, 15) is 4.79 Å². The number of carbonyl (C=O) groups excluding carboxylic acids is 1. The summed E-state index contributed by atoms with van der Waals surface area (Å²) >= 11 is 0. The number of nitrogens with zero attached hydrogens (tertiary/aromatic N) is 1. The fourth-order valence-corrected chi connectivity index (χ4v) is 1.26. The quantitative estimate of drug-likeness (QED) is 0.388. The molecule has 0 atom stereocenters. The summed E-state index contributed by atoms with van der Waals surface area (Å²) in [6, 6.07) is 0. The fourth-order valence-electron chi connectivity index (χ4n) is 1.26. The minimum absolute atomic E-state index is 0.204. The van der Waals surface area contributed by atoms with Crippen LogP contribution in [0.4, 0.5) is 0 Å². The Balaban J connectivity index is 4.03. The van der Waals surface area contributed by atoms with Gasteiger partial charge in [0.2, 0.25) is 6.29 Å². The van der Waals surface area contributed by atoms with Crippen molar-refractivity contribution in [2.75, 3.05) is 33.8 Å². The lowest BCUT2D eigenvalue weighted by molar-refractivity contribution is -0.896. The van der Waals surface area contributed by atoms with Gasteiger partial charge in [-0.2, -0.15) is 0 Å². The molecule has 0 aromatic heterocycles. The third-order valence-corrected chi connectivity index (χ3v) is 3.02. The van der Waals surface area contributed by atoms with Gasteiger partial charge in [-0.1, -0.05) is 6.92 Å². The molecule has 0 spiro atoms. The first-order chi connectivity index (χ1) is 7.60. The van der Waals surface area contributed by atoms with Crippen molar-refractivity contribution < 1.29 is 24.2 Å². The number of ether oxygens (including phenoxy) is 1. The number of carbonyl (C=O) groups is 1. The molecule has 0 saturated carbocycles. The lowest BCUT2D eigenvalue weighted by Gasteiger charge is -2.30. The molecule has 0 aliphatic carbocycles. The molecule has 5 nitrogen and oxygen atoms in total. The smallest absolute Gasteiger partial charge is 0.311 e. The highest BCUT2D eigenvalue weighted by molar-refractivity contribution is 5.75. The van der Waals surface area contributed by atoms with Crippen LogP contribution in [-0.2, 0) is 9.53 Å². The van der Waals surface area contributed by atoms with Crippen LogP contribution in [0.3, 0.4) is 0 Å². The number of aliphatic hydroxyl groups excluding tert-OH is 1. The van der Waals surface area contributed by atoms with Crippen molar-refractivity contribution in [2.24, 2.45) is 5.41 Å². The molecule has 0 radical (unpaired) electrons. The maximum atomic E-state index is 11.7. The Morgan fingerprint density at radius 2 is 1.88 bits per heavy atom. The summed E-state index contributed by atoms with van der Waals surface area (Å²) in [7, 11) is 3.72. The second-order valence-corrected chi connectivity index (χ2v) is 5.70. The van der Waals surface area contributed by atoms with Gasteiger partial charge in [0.1, 0.15) is 19.7 Å². The largest absolute Gasteiger partial charge is 0.459 e. The van der Waals surface area contributed by atoms with Gasteiger partial charge in [0.15, 0.2) is 0 Å². The molecule has 0 saturated heterocycles. The van der Waals surface area contributed by atoms with E-state index in [1.54, 1.807) is 0 Å². The zero-order valence-electron chi connectivity index (χ0n) is 11.6. The van der Waals surface area contributed by atoms with E-state index in [2.05, 4.69) is 0 Å². The number of aliphatic hydroxyl groups is 2. The van der Waals surface area contributed by atoms with Crippen LogP contribution in [0.1, 0.15) is 27.2 Å². The molecule has 0 rings (SSSR count). The Labute approximate surface area is 104 Å². The number of likely N-dealkylation sites (N-methyl/N-ethyl adjacent to an activating group) is 1. The van der Waals surface area contributed by atoms with Gasteiger partial charge in [-0.3, -0.25) is 4.79 Å². The Bertz CT molecular complexity index is 249. The van der Waals surface area contributed by atoms with E-state index in [0.29, 0.717) is 17.6 Å². The van der Waals surface area contributed by atoms with Crippen LogP contribution in [0.2, 0.25) is 0 Å². The van der Waals surface area contributed by atoms with Crippen LogP contribution in [0.25, 0.3) is 0 Å². The molecule has 17 heavy (non-hydrogen) atoms. The highest BCUT2D eigenvalue weighted by atomic mass is 16.5. The van der Waals surface area contributed by atoms with Crippen LogP contribution in [0, 0.1) is 5.41 Å². The first-order valence-corrected chi connectivity index (χ1v) is 5.96. The van der Waals surface area contributed by atoms with Crippen LogP contribution < -0.4 is 0 Å². The molecule has 102 valence electrons. The highest BCUT2D eigenvalue weighted by Gasteiger charge is 2.28. The van der Waals surface area contributed by atoms with Crippen molar-refractivity contribution in [3.05, 3.63) is 0 Å². The standard InChI is InChI=1S/C12H26NO4/c1-6-12(2,3)11(16)17-8-7-13(4,5)9-10(14)15/h10,14-15H,6-9H2,1-5H3/q+1. The lowest BCUT2D eigenvalue weighted by Crippen LogP contribution is -2.47. The number of rotatable bonds is 7. The van der Waals surface area contributed by atoms with Crippen LogP contribution >= 0.6 is 0 Å². The van der Waals surface area contributed by atoms with Gasteiger partial charge in [-0.25, -0.2) is 0 Å². The number of esters is 1. The molecule has 0 heterocycles. The van der Waals surface area contributed by atoms with Crippen molar-refractivity contribution >= 4 is 5.97 Å². The Morgan fingerprint density at radius 3 is 2.29 bits per heavy atom. The molecule has 0 aromatic rings. The van der Waals surface area contributed by atoms with Crippen molar-refractivity contribution in [2.45, 2.75) is 33.5 Å². The predicted molar refractivity (Wildman–Crippen MR) is 65.1 cm³/mol. The third-order valence-electron chi connectivity index (χ3n) is 3.02. The van der Waals surface area contributed by atoms with Crippen LogP contribution in [0.5, 0.6) is 0 Å². The number of quaternary nitrogens is 1. The SMILES string of the molecule is CCC(C)(C)C(=O)OCC[N+](C)(C)CC(O)O. The molecule has 5 heteroatoms. The minimum atomic E-state index is -1.34. The predicted octanol–water partition coefficient (Wildman–Crippen LogP) is 0.353. The molecule has 0 unspecified atom stereocenters. The number of hydrogen-bond acceptors (Lipinski definition) is 4. The Kier molecular flexibility index (Phi) is 6.09. The average molecular weight is 248 g/mol. The maximum absolute atomic E-state index is 11.7. The van der Waals surface area contributed by atoms with Gasteiger partial charge in [0.25, 0.3) is 0 Å². The van der Waals surface area contributed by atoms with Gasteiger partial charge in [0, 0.05) is 0 Å². The second-order valence-electron chi connectivity index (χ2n) is 5.70. The molecular formula is C12H26NO4+. The van der Waals surface area contributed by atoms with E-state index in [0.717, 1.165) is 6.42 Å². The van der Waals surface area contributed by atoms with E-state index >= 15 is 0 Å². The molecule has 0 aliphatic rings. The summed E-state index contributed by atoms with van der Waals surface area (Å²) in [4.78, 5) is 11.7. The summed E-state index contributed by atoms with van der Waals surface area (Å²) < 4.78 is 5.60. The monoisotopic (exact) mass is 248 g/mol. The van der Waals surface area contributed by atoms with Crippen LogP contribution in [-0.4, -0.2) is 60.7 Å². The summed E-state index contributed by atoms with van der Waals surface area (Å²) in [5.74, 6) is -0.204. The van der Waals surface area contributed by atoms with E-state index in [1.165, 1.54) is 0 Å². The molecule has 0 amide bonds. The Morgan fingerprint density at radius 1 is 1.35 bits per heavy atom. The second kappa shape index (κ2) is 6.33. The molecule has 0 aromatic carbocycles. The molecular weight excluding hydrogens is 222 g/mol. The van der Waals surface area contributed by atoms with Gasteiger partial charge < -0.3 is 19.4 Å². The van der Waals surface area contributed by atoms with Gasteiger partial charge >= 0.3 is 5.97 Å². The molecule has 2 N–H and O–H groups in total.